The summed E-state index contributed by atoms with van der Waals surface area (Å²) in [5.41, 5.74) is 0.785. The topological polar surface area (TPSA) is 50.4 Å². The number of methoxy groups -OCH3 is 1. The van der Waals surface area contributed by atoms with Gasteiger partial charge in [-0.25, -0.2) is 8.78 Å². The first-order chi connectivity index (χ1) is 10.6. The average Bonchev–Trinajstić information content (AvgIpc) is 2.50. The van der Waals surface area contributed by atoms with Gasteiger partial charge in [0.15, 0.2) is 0 Å². The Morgan fingerprint density at radius 2 is 2.00 bits per heavy atom. The van der Waals surface area contributed by atoms with Crippen molar-refractivity contribution in [2.75, 3.05) is 24.3 Å². The van der Waals surface area contributed by atoms with Crippen LogP contribution >= 0.6 is 0 Å². The van der Waals surface area contributed by atoms with E-state index in [4.69, 9.17) is 4.74 Å². The minimum Gasteiger partial charge on any atom is -0.497 e. The summed E-state index contributed by atoms with van der Waals surface area (Å²) in [6.07, 6.45) is 0.147. The molecule has 2 aromatic rings. The Hall–Kier alpha value is -2.63. The largest absolute Gasteiger partial charge is 0.497 e. The zero-order valence-corrected chi connectivity index (χ0v) is 12.0. The van der Waals surface area contributed by atoms with Crippen molar-refractivity contribution >= 4 is 17.3 Å². The van der Waals surface area contributed by atoms with Gasteiger partial charge in [0.2, 0.25) is 5.91 Å². The maximum Gasteiger partial charge on any atom is 0.226 e. The van der Waals surface area contributed by atoms with Gasteiger partial charge in [0.25, 0.3) is 0 Å². The SMILES string of the molecule is COc1cccc(NCCC(=O)Nc2ccc(F)cc2F)c1. The minimum absolute atomic E-state index is 0.0345. The lowest BCUT2D eigenvalue weighted by atomic mass is 10.2. The molecular weight excluding hydrogens is 290 g/mol. The van der Waals surface area contributed by atoms with Crippen LogP contribution in [-0.4, -0.2) is 19.6 Å². The number of hydrogen-bond donors (Lipinski definition) is 2. The second kappa shape index (κ2) is 7.40. The van der Waals surface area contributed by atoms with Crippen molar-refractivity contribution in [2.45, 2.75) is 6.42 Å². The van der Waals surface area contributed by atoms with Gasteiger partial charge in [0.05, 0.1) is 12.8 Å². The minimum atomic E-state index is -0.797. The summed E-state index contributed by atoms with van der Waals surface area (Å²) in [6.45, 7) is 0.377. The van der Waals surface area contributed by atoms with Crippen LogP contribution in [0, 0.1) is 11.6 Å². The fourth-order valence-electron chi connectivity index (χ4n) is 1.86. The summed E-state index contributed by atoms with van der Waals surface area (Å²) in [5.74, 6) is -1.13. The first kappa shape index (κ1) is 15.8. The molecule has 2 N–H and O–H groups in total. The maximum absolute atomic E-state index is 13.4. The zero-order valence-electron chi connectivity index (χ0n) is 12.0. The van der Waals surface area contributed by atoms with E-state index in [2.05, 4.69) is 10.6 Å². The van der Waals surface area contributed by atoms with Gasteiger partial charge >= 0.3 is 0 Å². The molecule has 0 fully saturated rings. The van der Waals surface area contributed by atoms with Crippen molar-refractivity contribution < 1.29 is 18.3 Å². The smallest absolute Gasteiger partial charge is 0.226 e. The molecule has 6 heteroatoms. The van der Waals surface area contributed by atoms with Crippen molar-refractivity contribution in [1.29, 1.82) is 0 Å². The monoisotopic (exact) mass is 306 g/mol. The van der Waals surface area contributed by atoms with Crippen LogP contribution in [-0.2, 0) is 4.79 Å². The van der Waals surface area contributed by atoms with E-state index >= 15 is 0 Å². The molecule has 0 aliphatic heterocycles. The average molecular weight is 306 g/mol. The molecule has 0 saturated carbocycles. The predicted octanol–water partition coefficient (Wildman–Crippen LogP) is 3.41. The van der Waals surface area contributed by atoms with Crippen LogP contribution in [0.5, 0.6) is 5.75 Å². The predicted molar refractivity (Wildman–Crippen MR) is 81.1 cm³/mol. The Kier molecular flexibility index (Phi) is 5.30. The van der Waals surface area contributed by atoms with Crippen LogP contribution in [0.3, 0.4) is 0 Å². The highest BCUT2D eigenvalue weighted by Gasteiger charge is 2.07. The van der Waals surface area contributed by atoms with E-state index in [0.29, 0.717) is 12.3 Å². The second-order valence-corrected chi connectivity index (χ2v) is 4.58. The quantitative estimate of drug-likeness (QED) is 0.860. The fourth-order valence-corrected chi connectivity index (χ4v) is 1.86. The van der Waals surface area contributed by atoms with E-state index in [0.717, 1.165) is 17.8 Å². The van der Waals surface area contributed by atoms with Crippen LogP contribution in [0.15, 0.2) is 42.5 Å². The summed E-state index contributed by atoms with van der Waals surface area (Å²) >= 11 is 0. The van der Waals surface area contributed by atoms with E-state index in [1.54, 1.807) is 13.2 Å². The summed E-state index contributed by atoms with van der Waals surface area (Å²) in [6, 6.07) is 10.3. The molecule has 0 aliphatic rings. The number of ether oxygens (including phenoxy) is 1. The number of anilines is 2. The first-order valence-corrected chi connectivity index (χ1v) is 6.71. The van der Waals surface area contributed by atoms with Gasteiger partial charge in [0.1, 0.15) is 17.4 Å². The van der Waals surface area contributed by atoms with Crippen molar-refractivity contribution in [1.82, 2.24) is 0 Å². The third kappa shape index (κ3) is 4.44. The van der Waals surface area contributed by atoms with Gasteiger partial charge in [-0.15, -0.1) is 0 Å². The molecule has 0 heterocycles. The molecule has 1 amide bonds. The highest BCUT2D eigenvalue weighted by Crippen LogP contribution is 2.17. The highest BCUT2D eigenvalue weighted by atomic mass is 19.1. The van der Waals surface area contributed by atoms with Crippen molar-refractivity contribution in [3.8, 4) is 5.75 Å². The summed E-state index contributed by atoms with van der Waals surface area (Å²) in [5, 5.41) is 5.47. The number of carbonyl (C=O) groups excluding carboxylic acids is 1. The molecule has 0 aromatic heterocycles. The lowest BCUT2D eigenvalue weighted by molar-refractivity contribution is -0.116. The number of rotatable bonds is 6. The lowest BCUT2D eigenvalue weighted by Crippen LogP contribution is -2.17. The number of hydrogen-bond acceptors (Lipinski definition) is 3. The van der Waals surface area contributed by atoms with Crippen LogP contribution in [0.25, 0.3) is 0 Å². The second-order valence-electron chi connectivity index (χ2n) is 4.58. The van der Waals surface area contributed by atoms with Gasteiger partial charge < -0.3 is 15.4 Å². The molecule has 0 aliphatic carbocycles. The number of nitrogens with one attached hydrogen (secondary N) is 2. The summed E-state index contributed by atoms with van der Waals surface area (Å²) in [4.78, 5) is 11.7. The van der Waals surface area contributed by atoms with Gasteiger partial charge in [-0.05, 0) is 24.3 Å². The van der Waals surface area contributed by atoms with Crippen molar-refractivity contribution in [2.24, 2.45) is 0 Å². The molecule has 4 nitrogen and oxygen atoms in total. The Bertz CT molecular complexity index is 662. The first-order valence-electron chi connectivity index (χ1n) is 6.71. The van der Waals surface area contributed by atoms with Gasteiger partial charge in [-0.2, -0.15) is 0 Å². The molecule has 22 heavy (non-hydrogen) atoms. The number of halogens is 2. The number of carbonyl (C=O) groups is 1. The summed E-state index contributed by atoms with van der Waals surface area (Å²) < 4.78 is 31.3. The third-order valence-corrected chi connectivity index (χ3v) is 2.96. The molecule has 0 atom stereocenters. The highest BCUT2D eigenvalue weighted by molar-refractivity contribution is 5.91. The maximum atomic E-state index is 13.4. The molecule has 2 aromatic carbocycles. The molecular formula is C16H16F2N2O2. The third-order valence-electron chi connectivity index (χ3n) is 2.96. The van der Waals surface area contributed by atoms with Gasteiger partial charge in [-0.3, -0.25) is 4.79 Å². The Morgan fingerprint density at radius 1 is 1.18 bits per heavy atom. The number of benzene rings is 2. The van der Waals surface area contributed by atoms with E-state index in [1.807, 2.05) is 18.2 Å². The van der Waals surface area contributed by atoms with Crippen LogP contribution in [0.2, 0.25) is 0 Å². The number of amides is 1. The van der Waals surface area contributed by atoms with E-state index < -0.39 is 11.6 Å². The van der Waals surface area contributed by atoms with Crippen LogP contribution in [0.1, 0.15) is 6.42 Å². The molecule has 0 spiro atoms. The van der Waals surface area contributed by atoms with Crippen LogP contribution < -0.4 is 15.4 Å². The Labute approximate surface area is 127 Å². The van der Waals surface area contributed by atoms with E-state index in [9.17, 15) is 13.6 Å². The van der Waals surface area contributed by atoms with Gasteiger partial charge in [0, 0.05) is 30.8 Å². The molecule has 0 unspecified atom stereocenters. The molecule has 116 valence electrons. The normalized spacial score (nSPS) is 10.1. The Balaban J connectivity index is 1.82. The Morgan fingerprint density at radius 3 is 2.73 bits per heavy atom. The van der Waals surface area contributed by atoms with Crippen molar-refractivity contribution in [3.63, 3.8) is 0 Å². The lowest BCUT2D eigenvalue weighted by Gasteiger charge is -2.09. The molecule has 2 rings (SSSR count). The standard InChI is InChI=1S/C16H16F2N2O2/c1-22-13-4-2-3-12(10-13)19-8-7-16(21)20-15-6-5-11(17)9-14(15)18/h2-6,9-10,19H,7-8H2,1H3,(H,20,21). The zero-order chi connectivity index (χ0) is 15.9. The van der Waals surface area contributed by atoms with Crippen molar-refractivity contribution in [3.05, 3.63) is 54.1 Å². The molecule has 0 bridgehead atoms. The van der Waals surface area contributed by atoms with E-state index in [-0.39, 0.29) is 18.0 Å². The summed E-state index contributed by atoms with van der Waals surface area (Å²) in [7, 11) is 1.57. The molecule has 0 saturated heterocycles. The van der Waals surface area contributed by atoms with Crippen LogP contribution in [0.4, 0.5) is 20.2 Å². The van der Waals surface area contributed by atoms with Gasteiger partial charge in [-0.1, -0.05) is 6.07 Å². The molecule has 0 radical (unpaired) electrons. The van der Waals surface area contributed by atoms with E-state index in [1.165, 1.54) is 6.07 Å². The fraction of sp³-hybridized carbons (Fsp3) is 0.188.